The highest BCUT2D eigenvalue weighted by Crippen LogP contribution is 2.40. The molecule has 0 atom stereocenters. The van der Waals surface area contributed by atoms with Crippen molar-refractivity contribution in [2.24, 2.45) is 0 Å². The first kappa shape index (κ1) is 16.1. The standard InChI is InChI=1S/C16H10Cl2N6S/c1-8-5-11(20-6-19-8)23-14-13-15(22-7-21-14)24-16(25-13)12-9(17)3-2-4-10(12)18/h2-7H,1H3,(H,19,20,21,22,23). The summed E-state index contributed by atoms with van der Waals surface area (Å²) < 4.78 is 0.796. The Kier molecular flexibility index (Phi) is 4.20. The fourth-order valence-corrected chi connectivity index (χ4v) is 4.02. The van der Waals surface area contributed by atoms with Gasteiger partial charge >= 0.3 is 0 Å². The van der Waals surface area contributed by atoms with Gasteiger partial charge in [-0.05, 0) is 19.1 Å². The zero-order chi connectivity index (χ0) is 17.4. The zero-order valence-electron chi connectivity index (χ0n) is 12.9. The van der Waals surface area contributed by atoms with Gasteiger partial charge in [-0.1, -0.05) is 29.3 Å². The van der Waals surface area contributed by atoms with Crippen molar-refractivity contribution >= 4 is 56.5 Å². The van der Waals surface area contributed by atoms with E-state index in [9.17, 15) is 0 Å². The summed E-state index contributed by atoms with van der Waals surface area (Å²) >= 11 is 14.0. The van der Waals surface area contributed by atoms with E-state index < -0.39 is 0 Å². The summed E-state index contributed by atoms with van der Waals surface area (Å²) in [5, 5.41) is 4.96. The van der Waals surface area contributed by atoms with Crippen molar-refractivity contribution in [3.8, 4) is 10.6 Å². The number of aromatic nitrogens is 5. The molecule has 4 aromatic rings. The van der Waals surface area contributed by atoms with E-state index in [2.05, 4.69) is 30.2 Å². The van der Waals surface area contributed by atoms with Gasteiger partial charge in [-0.25, -0.2) is 24.9 Å². The minimum Gasteiger partial charge on any atom is -0.323 e. The first-order valence-corrected chi connectivity index (χ1v) is 8.80. The van der Waals surface area contributed by atoms with Crippen LogP contribution in [0, 0.1) is 6.92 Å². The van der Waals surface area contributed by atoms with Gasteiger partial charge < -0.3 is 5.32 Å². The molecule has 1 N–H and O–H groups in total. The Hall–Kier alpha value is -2.35. The molecule has 3 heterocycles. The molecule has 0 unspecified atom stereocenters. The maximum Gasteiger partial charge on any atom is 0.176 e. The van der Waals surface area contributed by atoms with Crippen molar-refractivity contribution < 1.29 is 0 Å². The molecular formula is C16H10Cl2N6S. The van der Waals surface area contributed by atoms with Crippen LogP contribution in [-0.2, 0) is 0 Å². The molecule has 0 spiro atoms. The van der Waals surface area contributed by atoms with Crippen LogP contribution in [0.3, 0.4) is 0 Å². The molecule has 0 fully saturated rings. The molecule has 9 heteroatoms. The number of nitrogens with zero attached hydrogens (tertiary/aromatic N) is 5. The Balaban J connectivity index is 1.82. The van der Waals surface area contributed by atoms with E-state index in [4.69, 9.17) is 23.2 Å². The van der Waals surface area contributed by atoms with Crippen LogP contribution in [0.1, 0.15) is 5.69 Å². The third-order valence-corrected chi connectivity index (χ3v) is 5.12. The van der Waals surface area contributed by atoms with Gasteiger partial charge in [-0.15, -0.1) is 11.3 Å². The number of aryl methyl sites for hydroxylation is 1. The highest BCUT2D eigenvalue weighted by Gasteiger charge is 2.16. The summed E-state index contributed by atoms with van der Waals surface area (Å²) in [7, 11) is 0. The second kappa shape index (κ2) is 6.51. The monoisotopic (exact) mass is 388 g/mol. The van der Waals surface area contributed by atoms with Gasteiger partial charge in [-0.2, -0.15) is 0 Å². The van der Waals surface area contributed by atoms with E-state index in [0.717, 1.165) is 10.4 Å². The lowest BCUT2D eigenvalue weighted by molar-refractivity contribution is 1.10. The number of rotatable bonds is 3. The number of benzene rings is 1. The van der Waals surface area contributed by atoms with E-state index in [-0.39, 0.29) is 0 Å². The van der Waals surface area contributed by atoms with E-state index in [0.29, 0.717) is 37.9 Å². The number of halogens is 2. The molecule has 124 valence electrons. The Morgan fingerprint density at radius 3 is 2.52 bits per heavy atom. The average molecular weight is 389 g/mol. The van der Waals surface area contributed by atoms with E-state index in [1.54, 1.807) is 18.2 Å². The van der Waals surface area contributed by atoms with E-state index >= 15 is 0 Å². The molecule has 0 aliphatic carbocycles. The number of hydrogen-bond donors (Lipinski definition) is 1. The SMILES string of the molecule is Cc1cc(Nc2ncnc3nc(-c4c(Cl)cccc4Cl)sc23)ncn1. The van der Waals surface area contributed by atoms with Crippen LogP contribution in [0.4, 0.5) is 11.6 Å². The maximum atomic E-state index is 6.29. The Morgan fingerprint density at radius 2 is 1.76 bits per heavy atom. The zero-order valence-corrected chi connectivity index (χ0v) is 15.2. The van der Waals surface area contributed by atoms with Crippen LogP contribution in [0.15, 0.2) is 36.9 Å². The molecule has 0 amide bonds. The van der Waals surface area contributed by atoms with Crippen LogP contribution in [0.5, 0.6) is 0 Å². The first-order chi connectivity index (χ1) is 12.1. The Morgan fingerprint density at radius 1 is 1.00 bits per heavy atom. The number of fused-ring (bicyclic) bond motifs is 1. The number of nitrogens with one attached hydrogen (secondary N) is 1. The quantitative estimate of drug-likeness (QED) is 0.537. The normalized spacial score (nSPS) is 11.0. The van der Waals surface area contributed by atoms with Crippen LogP contribution in [0.25, 0.3) is 20.9 Å². The summed E-state index contributed by atoms with van der Waals surface area (Å²) in [5.74, 6) is 1.27. The molecule has 0 saturated heterocycles. The molecule has 3 aromatic heterocycles. The van der Waals surface area contributed by atoms with E-state index in [1.807, 2.05) is 13.0 Å². The fraction of sp³-hybridized carbons (Fsp3) is 0.0625. The van der Waals surface area contributed by atoms with Crippen LogP contribution in [-0.4, -0.2) is 24.9 Å². The Bertz CT molecular complexity index is 1060. The molecule has 0 saturated carbocycles. The molecule has 25 heavy (non-hydrogen) atoms. The summed E-state index contributed by atoms with van der Waals surface area (Å²) in [6, 6.07) is 7.19. The van der Waals surface area contributed by atoms with Gasteiger partial charge in [0.05, 0.1) is 10.0 Å². The van der Waals surface area contributed by atoms with Crippen molar-refractivity contribution in [2.75, 3.05) is 5.32 Å². The van der Waals surface area contributed by atoms with Crippen LogP contribution >= 0.6 is 34.5 Å². The minimum absolute atomic E-state index is 0.542. The number of hydrogen-bond acceptors (Lipinski definition) is 7. The number of anilines is 2. The summed E-state index contributed by atoms with van der Waals surface area (Å²) in [4.78, 5) is 21.4. The Labute approximate surface area is 156 Å². The average Bonchev–Trinajstić information content (AvgIpc) is 2.99. The lowest BCUT2D eigenvalue weighted by Crippen LogP contribution is -1.98. The molecule has 0 aliphatic heterocycles. The van der Waals surface area contributed by atoms with Gasteiger partial charge in [0.2, 0.25) is 0 Å². The topological polar surface area (TPSA) is 76.5 Å². The van der Waals surface area contributed by atoms with Crippen molar-refractivity contribution in [2.45, 2.75) is 6.92 Å². The predicted octanol–water partition coefficient (Wildman–Crippen LogP) is 4.90. The van der Waals surface area contributed by atoms with Crippen LogP contribution in [0.2, 0.25) is 10.0 Å². The van der Waals surface area contributed by atoms with Gasteiger partial charge in [0.25, 0.3) is 0 Å². The third kappa shape index (κ3) is 3.13. The highest BCUT2D eigenvalue weighted by molar-refractivity contribution is 7.22. The van der Waals surface area contributed by atoms with E-state index in [1.165, 1.54) is 24.0 Å². The first-order valence-electron chi connectivity index (χ1n) is 7.23. The molecule has 1 aromatic carbocycles. The minimum atomic E-state index is 0.542. The van der Waals surface area contributed by atoms with Crippen molar-refractivity contribution in [1.29, 1.82) is 0 Å². The lowest BCUT2D eigenvalue weighted by Gasteiger charge is -2.04. The molecule has 6 nitrogen and oxygen atoms in total. The van der Waals surface area contributed by atoms with Crippen molar-refractivity contribution in [3.63, 3.8) is 0 Å². The summed E-state index contributed by atoms with van der Waals surface area (Å²) in [6.45, 7) is 1.90. The smallest absolute Gasteiger partial charge is 0.176 e. The van der Waals surface area contributed by atoms with Gasteiger partial charge in [0.15, 0.2) is 11.5 Å². The fourth-order valence-electron chi connectivity index (χ4n) is 2.30. The molecule has 0 aliphatic rings. The van der Waals surface area contributed by atoms with Crippen molar-refractivity contribution in [3.05, 3.63) is 52.7 Å². The lowest BCUT2D eigenvalue weighted by atomic mass is 10.2. The third-order valence-electron chi connectivity index (χ3n) is 3.42. The summed E-state index contributed by atoms with van der Waals surface area (Å²) in [6.07, 6.45) is 2.95. The second-order valence-electron chi connectivity index (χ2n) is 5.16. The molecular weight excluding hydrogens is 379 g/mol. The highest BCUT2D eigenvalue weighted by atomic mass is 35.5. The van der Waals surface area contributed by atoms with Gasteiger partial charge in [0.1, 0.15) is 28.2 Å². The maximum absolute atomic E-state index is 6.29. The van der Waals surface area contributed by atoms with Gasteiger partial charge in [0, 0.05) is 17.3 Å². The summed E-state index contributed by atoms with van der Waals surface area (Å²) in [5.41, 5.74) is 2.12. The predicted molar refractivity (Wildman–Crippen MR) is 101 cm³/mol. The van der Waals surface area contributed by atoms with Crippen molar-refractivity contribution in [1.82, 2.24) is 24.9 Å². The molecule has 0 bridgehead atoms. The number of thiazole rings is 1. The molecule has 0 radical (unpaired) electrons. The van der Waals surface area contributed by atoms with Crippen LogP contribution < -0.4 is 5.32 Å². The second-order valence-corrected chi connectivity index (χ2v) is 6.97. The largest absolute Gasteiger partial charge is 0.323 e. The molecule has 4 rings (SSSR count). The van der Waals surface area contributed by atoms with Gasteiger partial charge in [-0.3, -0.25) is 0 Å².